The molecule has 2 aromatic rings. The number of aromatic amines is 1. The van der Waals surface area contributed by atoms with Crippen LogP contribution >= 0.6 is 0 Å². The van der Waals surface area contributed by atoms with Crippen LogP contribution in [0, 0.1) is 6.92 Å². The van der Waals surface area contributed by atoms with Gasteiger partial charge in [-0.05, 0) is 31.9 Å². The molecular weight excluding hydrogens is 306 g/mol. The molecule has 0 fully saturated rings. The van der Waals surface area contributed by atoms with Crippen molar-refractivity contribution in [2.24, 2.45) is 4.99 Å². The van der Waals surface area contributed by atoms with Crippen LogP contribution in [0.1, 0.15) is 42.4 Å². The molecule has 0 bridgehead atoms. The first-order valence-electron chi connectivity index (χ1n) is 8.01. The van der Waals surface area contributed by atoms with Gasteiger partial charge in [0.05, 0.1) is 13.7 Å². The van der Waals surface area contributed by atoms with Crippen molar-refractivity contribution in [3.63, 3.8) is 0 Å². The van der Waals surface area contributed by atoms with Gasteiger partial charge in [0.2, 0.25) is 0 Å². The van der Waals surface area contributed by atoms with Crippen molar-refractivity contribution in [2.45, 2.75) is 39.7 Å². The number of phenols is 1. The normalized spacial score (nSPS) is 11.1. The van der Waals surface area contributed by atoms with E-state index in [1.807, 2.05) is 6.92 Å². The van der Waals surface area contributed by atoms with Gasteiger partial charge in [-0.15, -0.1) is 0 Å². The number of phenolic OH excluding ortho intramolecular Hbond substituents is 1. The van der Waals surface area contributed by atoms with Crippen molar-refractivity contribution in [3.05, 3.63) is 51.2 Å². The zero-order valence-corrected chi connectivity index (χ0v) is 14.3. The molecule has 6 nitrogen and oxygen atoms in total. The highest BCUT2D eigenvalue weighted by Gasteiger charge is 2.08. The molecule has 1 heterocycles. The fraction of sp³-hybridized carbons (Fsp3) is 0.389. The van der Waals surface area contributed by atoms with Crippen molar-refractivity contribution < 1.29 is 9.84 Å². The second kappa shape index (κ2) is 8.29. The Labute approximate surface area is 141 Å². The molecule has 0 aliphatic heterocycles. The Morgan fingerprint density at radius 3 is 2.88 bits per heavy atom. The summed E-state index contributed by atoms with van der Waals surface area (Å²) < 4.78 is 5.06. The number of nitrogens with zero attached hydrogens (tertiary/aromatic N) is 2. The quantitative estimate of drug-likeness (QED) is 0.765. The lowest BCUT2D eigenvalue weighted by atomic mass is 10.1. The minimum absolute atomic E-state index is 0.0382. The molecule has 128 valence electrons. The molecule has 0 saturated heterocycles. The van der Waals surface area contributed by atoms with E-state index in [0.717, 1.165) is 30.5 Å². The van der Waals surface area contributed by atoms with Crippen LogP contribution in [0.2, 0.25) is 0 Å². The Balaban J connectivity index is 2.14. The van der Waals surface area contributed by atoms with E-state index in [0.29, 0.717) is 17.1 Å². The minimum atomic E-state index is -0.0922. The Morgan fingerprint density at radius 1 is 1.42 bits per heavy atom. The third kappa shape index (κ3) is 4.22. The Kier molecular flexibility index (Phi) is 6.12. The first-order chi connectivity index (χ1) is 11.6. The fourth-order valence-electron chi connectivity index (χ4n) is 2.43. The molecule has 0 atom stereocenters. The topological polar surface area (TPSA) is 87.6 Å². The van der Waals surface area contributed by atoms with E-state index in [1.165, 1.54) is 13.3 Å². The Morgan fingerprint density at radius 2 is 2.21 bits per heavy atom. The number of para-hydroxylation sites is 1. The number of aromatic hydroxyl groups is 1. The number of nitrogens with one attached hydrogen (secondary N) is 1. The van der Waals surface area contributed by atoms with Gasteiger partial charge >= 0.3 is 0 Å². The molecule has 0 amide bonds. The number of rotatable bonds is 7. The lowest BCUT2D eigenvalue weighted by Crippen LogP contribution is -2.18. The smallest absolute Gasteiger partial charge is 0.254 e. The van der Waals surface area contributed by atoms with E-state index in [4.69, 9.17) is 4.74 Å². The van der Waals surface area contributed by atoms with Crippen LogP contribution in [0.15, 0.2) is 28.0 Å². The van der Waals surface area contributed by atoms with E-state index >= 15 is 0 Å². The summed E-state index contributed by atoms with van der Waals surface area (Å²) >= 11 is 0. The van der Waals surface area contributed by atoms with Gasteiger partial charge in [0.25, 0.3) is 5.56 Å². The van der Waals surface area contributed by atoms with Gasteiger partial charge < -0.3 is 14.8 Å². The third-order valence-electron chi connectivity index (χ3n) is 3.77. The van der Waals surface area contributed by atoms with E-state index in [1.54, 1.807) is 18.2 Å². The second-order valence-electron chi connectivity index (χ2n) is 5.55. The molecule has 1 aromatic carbocycles. The van der Waals surface area contributed by atoms with E-state index in [2.05, 4.69) is 21.9 Å². The molecule has 0 spiro atoms. The summed E-state index contributed by atoms with van der Waals surface area (Å²) in [6.07, 6.45) is 4.29. The van der Waals surface area contributed by atoms with Crippen LogP contribution < -0.4 is 10.3 Å². The van der Waals surface area contributed by atoms with Crippen LogP contribution in [0.5, 0.6) is 11.5 Å². The summed E-state index contributed by atoms with van der Waals surface area (Å²) in [5, 5.41) is 10.0. The van der Waals surface area contributed by atoms with Crippen LogP contribution in [0.4, 0.5) is 0 Å². The van der Waals surface area contributed by atoms with E-state index in [9.17, 15) is 9.90 Å². The molecule has 24 heavy (non-hydrogen) atoms. The molecule has 0 saturated carbocycles. The van der Waals surface area contributed by atoms with Gasteiger partial charge in [0.15, 0.2) is 11.5 Å². The highest BCUT2D eigenvalue weighted by atomic mass is 16.5. The third-order valence-corrected chi connectivity index (χ3v) is 3.77. The second-order valence-corrected chi connectivity index (χ2v) is 5.55. The van der Waals surface area contributed by atoms with Crippen LogP contribution in [0.3, 0.4) is 0 Å². The highest BCUT2D eigenvalue weighted by Crippen LogP contribution is 2.28. The summed E-state index contributed by atoms with van der Waals surface area (Å²) in [6.45, 7) is 4.18. The average Bonchev–Trinajstić information content (AvgIpc) is 2.56. The molecule has 1 aromatic heterocycles. The lowest BCUT2D eigenvalue weighted by molar-refractivity contribution is 0.373. The molecule has 0 aliphatic rings. The maximum absolute atomic E-state index is 12.1. The molecule has 0 radical (unpaired) electrons. The average molecular weight is 329 g/mol. The standard InChI is InChI=1S/C18H23N3O3/c1-4-5-8-14-12(2)20-16(21-18(14)23)11-19-10-13-7-6-9-15(24-3)17(13)22/h6-7,9-10,22H,4-5,8,11H2,1-3H3,(H,20,21,23). The number of aliphatic imine (C=N–C) groups is 1. The first kappa shape index (κ1) is 17.7. The number of benzene rings is 1. The van der Waals surface area contributed by atoms with Crippen LogP contribution in [-0.2, 0) is 13.0 Å². The summed E-state index contributed by atoms with van der Waals surface area (Å²) in [5.41, 5.74) is 1.95. The van der Waals surface area contributed by atoms with Crippen molar-refractivity contribution in [3.8, 4) is 11.5 Å². The summed E-state index contributed by atoms with van der Waals surface area (Å²) in [4.78, 5) is 23.6. The van der Waals surface area contributed by atoms with Crippen molar-refractivity contribution >= 4 is 6.21 Å². The number of aromatic nitrogens is 2. The Bertz CT molecular complexity index is 782. The first-order valence-corrected chi connectivity index (χ1v) is 8.01. The largest absolute Gasteiger partial charge is 0.504 e. The van der Waals surface area contributed by atoms with Crippen molar-refractivity contribution in [1.82, 2.24) is 9.97 Å². The van der Waals surface area contributed by atoms with Crippen molar-refractivity contribution in [2.75, 3.05) is 7.11 Å². The van der Waals surface area contributed by atoms with Gasteiger partial charge in [-0.3, -0.25) is 9.79 Å². The van der Waals surface area contributed by atoms with Gasteiger partial charge in [-0.25, -0.2) is 4.98 Å². The predicted molar refractivity (Wildman–Crippen MR) is 94.2 cm³/mol. The number of hydrogen-bond donors (Lipinski definition) is 2. The summed E-state index contributed by atoms with van der Waals surface area (Å²) in [6, 6.07) is 5.17. The van der Waals surface area contributed by atoms with Gasteiger partial charge in [0.1, 0.15) is 5.82 Å². The maximum atomic E-state index is 12.1. The monoisotopic (exact) mass is 329 g/mol. The zero-order valence-electron chi connectivity index (χ0n) is 14.3. The predicted octanol–water partition coefficient (Wildman–Crippen LogP) is 2.75. The minimum Gasteiger partial charge on any atom is -0.504 e. The number of ether oxygens (including phenoxy) is 1. The molecule has 0 aliphatic carbocycles. The van der Waals surface area contributed by atoms with Crippen LogP contribution in [0.25, 0.3) is 0 Å². The van der Waals surface area contributed by atoms with E-state index < -0.39 is 0 Å². The van der Waals surface area contributed by atoms with Crippen molar-refractivity contribution in [1.29, 1.82) is 0 Å². The van der Waals surface area contributed by atoms with Gasteiger partial charge in [-0.1, -0.05) is 19.4 Å². The lowest BCUT2D eigenvalue weighted by Gasteiger charge is -2.06. The van der Waals surface area contributed by atoms with Gasteiger partial charge in [-0.2, -0.15) is 0 Å². The summed E-state index contributed by atoms with van der Waals surface area (Å²) in [7, 11) is 1.49. The van der Waals surface area contributed by atoms with Crippen LogP contribution in [-0.4, -0.2) is 28.4 Å². The fourth-order valence-corrected chi connectivity index (χ4v) is 2.43. The summed E-state index contributed by atoms with van der Waals surface area (Å²) in [5.74, 6) is 0.939. The molecular formula is C18H23N3O3. The zero-order chi connectivity index (χ0) is 17.5. The van der Waals surface area contributed by atoms with E-state index in [-0.39, 0.29) is 17.9 Å². The molecule has 6 heteroatoms. The number of methoxy groups -OCH3 is 1. The molecule has 2 N–H and O–H groups in total. The molecule has 2 rings (SSSR count). The SMILES string of the molecule is CCCCc1c(C)nc(CN=Cc2cccc(OC)c2O)[nH]c1=O. The number of unbranched alkanes of at least 4 members (excludes halogenated alkanes) is 1. The highest BCUT2D eigenvalue weighted by molar-refractivity contribution is 5.84. The molecule has 0 unspecified atom stereocenters. The number of H-pyrrole nitrogens is 1. The van der Waals surface area contributed by atoms with Gasteiger partial charge in [0, 0.05) is 23.0 Å². The number of aryl methyl sites for hydroxylation is 1. The Hall–Kier alpha value is -2.63. The number of hydrogen-bond acceptors (Lipinski definition) is 5. The maximum Gasteiger partial charge on any atom is 0.254 e.